The molecule has 2 heterocycles. The monoisotopic (exact) mass is 403 g/mol. The van der Waals surface area contributed by atoms with Crippen molar-refractivity contribution < 1.29 is 14.0 Å². The van der Waals surface area contributed by atoms with Crippen LogP contribution in [0.4, 0.5) is 5.13 Å². The summed E-state index contributed by atoms with van der Waals surface area (Å²) in [4.78, 5) is 28.4. The summed E-state index contributed by atoms with van der Waals surface area (Å²) < 4.78 is 5.03. The van der Waals surface area contributed by atoms with Crippen LogP contribution in [0.1, 0.15) is 28.7 Å². The summed E-state index contributed by atoms with van der Waals surface area (Å²) in [6, 6.07) is 10.7. The van der Waals surface area contributed by atoms with E-state index in [9.17, 15) is 9.59 Å². The van der Waals surface area contributed by atoms with Gasteiger partial charge in [-0.25, -0.2) is 4.98 Å². The third-order valence-electron chi connectivity index (χ3n) is 3.72. The van der Waals surface area contributed by atoms with Crippen molar-refractivity contribution in [3.63, 3.8) is 0 Å². The number of carbonyl (C=O) groups is 2. The number of nitrogens with zero attached hydrogens (tertiary/aromatic N) is 1. The molecule has 6 nitrogen and oxygen atoms in total. The van der Waals surface area contributed by atoms with Crippen LogP contribution in [0, 0.1) is 0 Å². The Labute approximate surface area is 165 Å². The summed E-state index contributed by atoms with van der Waals surface area (Å²) in [5.74, 6) is -0.284. The Balaban J connectivity index is 1.48. The van der Waals surface area contributed by atoms with Crippen molar-refractivity contribution in [3.8, 4) is 0 Å². The molecule has 0 bridgehead atoms. The molecule has 27 heavy (non-hydrogen) atoms. The van der Waals surface area contributed by atoms with E-state index in [1.165, 1.54) is 17.6 Å². The Hall–Kier alpha value is -2.64. The van der Waals surface area contributed by atoms with Gasteiger partial charge in [-0.1, -0.05) is 23.7 Å². The van der Waals surface area contributed by atoms with E-state index in [0.717, 1.165) is 5.56 Å². The second-order valence-corrected chi connectivity index (χ2v) is 7.35. The maximum atomic E-state index is 12.2. The first-order valence-electron chi connectivity index (χ1n) is 8.32. The third-order valence-corrected chi connectivity index (χ3v) is 4.78. The second kappa shape index (κ2) is 8.83. The van der Waals surface area contributed by atoms with E-state index in [1.54, 1.807) is 17.5 Å². The predicted octanol–water partition coefficient (Wildman–Crippen LogP) is 3.93. The van der Waals surface area contributed by atoms with E-state index in [0.29, 0.717) is 22.3 Å². The van der Waals surface area contributed by atoms with Crippen molar-refractivity contribution in [3.05, 3.63) is 70.1 Å². The van der Waals surface area contributed by atoms with Gasteiger partial charge < -0.3 is 9.73 Å². The Kier molecular flexibility index (Phi) is 6.26. The molecular formula is C19H18ClN3O3S. The Morgan fingerprint density at radius 1 is 1.26 bits per heavy atom. The lowest BCUT2D eigenvalue weighted by molar-refractivity contribution is -0.121. The number of halogens is 1. The summed E-state index contributed by atoms with van der Waals surface area (Å²) >= 11 is 7.14. The molecule has 2 N–H and O–H groups in total. The van der Waals surface area contributed by atoms with Gasteiger partial charge in [-0.2, -0.15) is 0 Å². The number of carbonyl (C=O) groups excluding carboxylic acids is 2. The van der Waals surface area contributed by atoms with Gasteiger partial charge in [-0.15, -0.1) is 11.3 Å². The van der Waals surface area contributed by atoms with Crippen LogP contribution in [0.25, 0.3) is 0 Å². The zero-order valence-corrected chi connectivity index (χ0v) is 16.1. The highest BCUT2D eigenvalue weighted by Gasteiger charge is 2.14. The lowest BCUT2D eigenvalue weighted by Crippen LogP contribution is -2.35. The molecule has 0 aliphatic heterocycles. The van der Waals surface area contributed by atoms with Gasteiger partial charge in [0, 0.05) is 16.4 Å². The minimum Gasteiger partial charge on any atom is -0.459 e. The van der Waals surface area contributed by atoms with Crippen molar-refractivity contribution in [2.45, 2.75) is 25.8 Å². The zero-order chi connectivity index (χ0) is 19.2. The number of nitrogens with one attached hydrogen (secondary N) is 2. The standard InChI is InChI=1S/C19H18ClN3O3S/c1-12(9-13-4-6-14(20)7-5-13)21-17(24)10-15-11-27-19(22-15)23-18(25)16-3-2-8-26-16/h2-8,11-12H,9-10H2,1H3,(H,21,24)(H,22,23,25)/t12-/m0/s1. The maximum Gasteiger partial charge on any atom is 0.293 e. The summed E-state index contributed by atoms with van der Waals surface area (Å²) in [6.45, 7) is 1.95. The van der Waals surface area contributed by atoms with Gasteiger partial charge in [0.15, 0.2) is 10.9 Å². The lowest BCUT2D eigenvalue weighted by Gasteiger charge is -2.13. The quantitative estimate of drug-likeness (QED) is 0.626. The Morgan fingerprint density at radius 2 is 2.04 bits per heavy atom. The SMILES string of the molecule is C[C@@H](Cc1ccc(Cl)cc1)NC(=O)Cc1csc(NC(=O)c2ccco2)n1. The number of furan rings is 1. The van der Waals surface area contributed by atoms with E-state index in [4.69, 9.17) is 16.0 Å². The molecule has 0 radical (unpaired) electrons. The highest BCUT2D eigenvalue weighted by atomic mass is 35.5. The smallest absolute Gasteiger partial charge is 0.293 e. The highest BCUT2D eigenvalue weighted by molar-refractivity contribution is 7.14. The van der Waals surface area contributed by atoms with Crippen LogP contribution in [-0.4, -0.2) is 22.8 Å². The molecule has 0 fully saturated rings. The molecule has 0 aliphatic rings. The summed E-state index contributed by atoms with van der Waals surface area (Å²) in [7, 11) is 0. The number of anilines is 1. The fraction of sp³-hybridized carbons (Fsp3) is 0.211. The Morgan fingerprint density at radius 3 is 2.74 bits per heavy atom. The average Bonchev–Trinajstić information content (AvgIpc) is 3.29. The van der Waals surface area contributed by atoms with E-state index in [1.807, 2.05) is 31.2 Å². The molecule has 8 heteroatoms. The van der Waals surface area contributed by atoms with Gasteiger partial charge in [-0.3, -0.25) is 14.9 Å². The van der Waals surface area contributed by atoms with E-state index in [-0.39, 0.29) is 30.0 Å². The number of hydrogen-bond acceptors (Lipinski definition) is 5. The van der Waals surface area contributed by atoms with Crippen LogP contribution >= 0.6 is 22.9 Å². The van der Waals surface area contributed by atoms with Gasteiger partial charge in [-0.05, 0) is 43.2 Å². The second-order valence-electron chi connectivity index (χ2n) is 6.05. The molecule has 3 rings (SSSR count). The maximum absolute atomic E-state index is 12.2. The van der Waals surface area contributed by atoms with Crippen LogP contribution in [0.15, 0.2) is 52.5 Å². The minimum atomic E-state index is -0.373. The van der Waals surface area contributed by atoms with Crippen LogP contribution in [0.5, 0.6) is 0 Å². The zero-order valence-electron chi connectivity index (χ0n) is 14.6. The van der Waals surface area contributed by atoms with Crippen molar-refractivity contribution in [2.24, 2.45) is 0 Å². The first-order valence-corrected chi connectivity index (χ1v) is 9.58. The first-order chi connectivity index (χ1) is 13.0. The number of benzene rings is 1. The molecule has 140 valence electrons. The molecule has 0 aliphatic carbocycles. The third kappa shape index (κ3) is 5.67. The van der Waals surface area contributed by atoms with Gasteiger partial charge in [0.2, 0.25) is 5.91 Å². The number of aromatic nitrogens is 1. The highest BCUT2D eigenvalue weighted by Crippen LogP contribution is 2.17. The van der Waals surface area contributed by atoms with Gasteiger partial charge in [0.05, 0.1) is 18.4 Å². The molecule has 3 aromatic rings. The topological polar surface area (TPSA) is 84.2 Å². The molecule has 1 atom stereocenters. The average molecular weight is 404 g/mol. The van der Waals surface area contributed by atoms with Crippen LogP contribution in [0.3, 0.4) is 0 Å². The molecule has 2 amide bonds. The first kappa shape index (κ1) is 19.1. The molecule has 0 spiro atoms. The normalized spacial score (nSPS) is 11.8. The van der Waals surface area contributed by atoms with Crippen LogP contribution < -0.4 is 10.6 Å². The van der Waals surface area contributed by atoms with E-state index in [2.05, 4.69) is 15.6 Å². The number of hydrogen-bond donors (Lipinski definition) is 2. The fourth-order valence-electron chi connectivity index (χ4n) is 2.53. The number of thiazole rings is 1. The fourth-order valence-corrected chi connectivity index (χ4v) is 3.36. The summed E-state index contributed by atoms with van der Waals surface area (Å²) in [6.07, 6.45) is 2.29. The van der Waals surface area contributed by atoms with Gasteiger partial charge in [0.1, 0.15) is 0 Å². The lowest BCUT2D eigenvalue weighted by atomic mass is 10.1. The van der Waals surface area contributed by atoms with Gasteiger partial charge >= 0.3 is 0 Å². The molecule has 1 aromatic carbocycles. The van der Waals surface area contributed by atoms with Crippen molar-refractivity contribution >= 4 is 39.9 Å². The van der Waals surface area contributed by atoms with E-state index < -0.39 is 0 Å². The van der Waals surface area contributed by atoms with Gasteiger partial charge in [0.25, 0.3) is 5.91 Å². The predicted molar refractivity (Wildman–Crippen MR) is 105 cm³/mol. The number of rotatable bonds is 7. The molecule has 0 saturated heterocycles. The van der Waals surface area contributed by atoms with Crippen molar-refractivity contribution in [2.75, 3.05) is 5.32 Å². The van der Waals surface area contributed by atoms with Crippen molar-refractivity contribution in [1.29, 1.82) is 0 Å². The number of amides is 2. The molecule has 0 unspecified atom stereocenters. The minimum absolute atomic E-state index is 0.0181. The summed E-state index contributed by atoms with van der Waals surface area (Å²) in [5, 5.41) is 8.47. The van der Waals surface area contributed by atoms with Crippen LogP contribution in [-0.2, 0) is 17.6 Å². The molecule has 0 saturated carbocycles. The van der Waals surface area contributed by atoms with Crippen LogP contribution in [0.2, 0.25) is 5.02 Å². The van der Waals surface area contributed by atoms with E-state index >= 15 is 0 Å². The van der Waals surface area contributed by atoms with Crippen molar-refractivity contribution in [1.82, 2.24) is 10.3 Å². The largest absolute Gasteiger partial charge is 0.459 e. The summed E-state index contributed by atoms with van der Waals surface area (Å²) in [5.41, 5.74) is 1.70. The molecular weight excluding hydrogens is 386 g/mol. The molecule has 2 aromatic heterocycles. The Bertz CT molecular complexity index is 907.